The van der Waals surface area contributed by atoms with Crippen LogP contribution >= 0.6 is 0 Å². The van der Waals surface area contributed by atoms with E-state index >= 15 is 0 Å². The minimum atomic E-state index is -0.501. The summed E-state index contributed by atoms with van der Waals surface area (Å²) in [5.41, 5.74) is 3.32. The molecule has 0 spiro atoms. The summed E-state index contributed by atoms with van der Waals surface area (Å²) in [4.78, 5) is 14.3. The first-order chi connectivity index (χ1) is 13.3. The van der Waals surface area contributed by atoms with E-state index in [0.717, 1.165) is 31.5 Å². The van der Waals surface area contributed by atoms with Crippen LogP contribution in [-0.2, 0) is 24.1 Å². The van der Waals surface area contributed by atoms with Gasteiger partial charge >= 0.3 is 6.09 Å². The van der Waals surface area contributed by atoms with E-state index in [1.807, 2.05) is 32.9 Å². The standard InChI is InChI=1S/C23H29FN2O2/c1-23(2,3)28-22(27)25-12-13-26-16-19-7-5-4-6-18(19)15-21(26)14-17-8-10-20(24)11-9-17/h4-11,21H,12-16H2,1-3H3,(H,25,27). The summed E-state index contributed by atoms with van der Waals surface area (Å²) in [6.07, 6.45) is 1.40. The minimum Gasteiger partial charge on any atom is -0.444 e. The van der Waals surface area contributed by atoms with E-state index < -0.39 is 5.60 Å². The van der Waals surface area contributed by atoms with Crippen molar-refractivity contribution in [3.63, 3.8) is 0 Å². The number of carbonyl (C=O) groups excluding carboxylic acids is 1. The number of fused-ring (bicyclic) bond motifs is 1. The van der Waals surface area contributed by atoms with Gasteiger partial charge in [0.25, 0.3) is 0 Å². The molecule has 0 fully saturated rings. The molecule has 5 heteroatoms. The molecule has 3 rings (SSSR count). The Morgan fingerprint density at radius 1 is 1.14 bits per heavy atom. The summed E-state index contributed by atoms with van der Waals surface area (Å²) in [5, 5.41) is 2.85. The Balaban J connectivity index is 1.65. The van der Waals surface area contributed by atoms with E-state index in [1.54, 1.807) is 0 Å². The highest BCUT2D eigenvalue weighted by molar-refractivity contribution is 5.67. The number of carbonyl (C=O) groups is 1. The number of alkyl carbamates (subject to hydrolysis) is 1. The molecule has 1 amide bonds. The van der Waals surface area contributed by atoms with E-state index in [2.05, 4.69) is 34.5 Å². The lowest BCUT2D eigenvalue weighted by Gasteiger charge is -2.37. The maximum atomic E-state index is 13.2. The van der Waals surface area contributed by atoms with E-state index in [0.29, 0.717) is 12.6 Å². The molecule has 0 aliphatic carbocycles. The van der Waals surface area contributed by atoms with Gasteiger partial charge in [-0.1, -0.05) is 36.4 Å². The fourth-order valence-electron chi connectivity index (χ4n) is 3.61. The number of halogens is 1. The first-order valence-electron chi connectivity index (χ1n) is 9.82. The van der Waals surface area contributed by atoms with Crippen LogP contribution in [0.5, 0.6) is 0 Å². The van der Waals surface area contributed by atoms with Gasteiger partial charge in [-0.25, -0.2) is 9.18 Å². The van der Waals surface area contributed by atoms with Crippen molar-refractivity contribution in [3.05, 3.63) is 71.0 Å². The normalized spacial score (nSPS) is 17.1. The summed E-state index contributed by atoms with van der Waals surface area (Å²) in [6, 6.07) is 15.5. The van der Waals surface area contributed by atoms with Crippen LogP contribution in [0.25, 0.3) is 0 Å². The van der Waals surface area contributed by atoms with Crippen molar-refractivity contribution < 1.29 is 13.9 Å². The maximum Gasteiger partial charge on any atom is 0.407 e. The van der Waals surface area contributed by atoms with Gasteiger partial charge in [-0.15, -0.1) is 0 Å². The SMILES string of the molecule is CC(C)(C)OC(=O)NCCN1Cc2ccccc2CC1Cc1ccc(F)cc1. The lowest BCUT2D eigenvalue weighted by molar-refractivity contribution is 0.0515. The topological polar surface area (TPSA) is 41.6 Å². The van der Waals surface area contributed by atoms with Crippen LogP contribution in [0.4, 0.5) is 9.18 Å². The zero-order chi connectivity index (χ0) is 20.1. The Labute approximate surface area is 166 Å². The van der Waals surface area contributed by atoms with Gasteiger partial charge in [0.1, 0.15) is 11.4 Å². The molecule has 1 aliphatic heterocycles. The first kappa shape index (κ1) is 20.3. The fourth-order valence-corrected chi connectivity index (χ4v) is 3.61. The third kappa shape index (κ3) is 5.80. The molecule has 150 valence electrons. The van der Waals surface area contributed by atoms with Crippen molar-refractivity contribution in [2.24, 2.45) is 0 Å². The van der Waals surface area contributed by atoms with Gasteiger partial charge in [-0.2, -0.15) is 0 Å². The zero-order valence-electron chi connectivity index (χ0n) is 16.9. The number of ether oxygens (including phenoxy) is 1. The number of amides is 1. The third-order valence-electron chi connectivity index (χ3n) is 4.92. The zero-order valence-corrected chi connectivity index (χ0v) is 16.9. The number of hydrogen-bond donors (Lipinski definition) is 1. The summed E-state index contributed by atoms with van der Waals surface area (Å²) >= 11 is 0. The molecule has 1 atom stereocenters. The second-order valence-electron chi connectivity index (χ2n) is 8.36. The Morgan fingerprint density at radius 3 is 2.50 bits per heavy atom. The number of hydrogen-bond acceptors (Lipinski definition) is 3. The van der Waals surface area contributed by atoms with E-state index in [1.165, 1.54) is 23.3 Å². The predicted molar refractivity (Wildman–Crippen MR) is 109 cm³/mol. The second-order valence-corrected chi connectivity index (χ2v) is 8.36. The largest absolute Gasteiger partial charge is 0.444 e. The van der Waals surface area contributed by atoms with Crippen molar-refractivity contribution >= 4 is 6.09 Å². The van der Waals surface area contributed by atoms with Crippen LogP contribution < -0.4 is 5.32 Å². The van der Waals surface area contributed by atoms with Crippen LogP contribution in [0, 0.1) is 5.82 Å². The minimum absolute atomic E-state index is 0.212. The van der Waals surface area contributed by atoms with E-state index in [4.69, 9.17) is 4.74 Å². The van der Waals surface area contributed by atoms with E-state index in [-0.39, 0.29) is 11.9 Å². The van der Waals surface area contributed by atoms with Crippen molar-refractivity contribution in [1.82, 2.24) is 10.2 Å². The number of nitrogens with one attached hydrogen (secondary N) is 1. The number of benzene rings is 2. The van der Waals surface area contributed by atoms with Crippen LogP contribution in [0.2, 0.25) is 0 Å². The van der Waals surface area contributed by atoms with Crippen molar-refractivity contribution in [3.8, 4) is 0 Å². The molecule has 1 aliphatic rings. The monoisotopic (exact) mass is 384 g/mol. The van der Waals surface area contributed by atoms with Gasteiger partial charge in [0.2, 0.25) is 0 Å². The molecule has 1 heterocycles. The Bertz CT molecular complexity index is 799. The summed E-state index contributed by atoms with van der Waals surface area (Å²) in [5.74, 6) is -0.212. The van der Waals surface area contributed by atoms with Crippen LogP contribution in [-0.4, -0.2) is 35.7 Å². The van der Waals surface area contributed by atoms with Gasteiger partial charge in [0.05, 0.1) is 0 Å². The molecular formula is C23H29FN2O2. The maximum absolute atomic E-state index is 13.2. The highest BCUT2D eigenvalue weighted by Crippen LogP contribution is 2.25. The van der Waals surface area contributed by atoms with Gasteiger partial charge in [0, 0.05) is 25.7 Å². The smallest absolute Gasteiger partial charge is 0.407 e. The highest BCUT2D eigenvalue weighted by Gasteiger charge is 2.26. The average Bonchev–Trinajstić information content (AvgIpc) is 2.62. The van der Waals surface area contributed by atoms with Crippen LogP contribution in [0.15, 0.2) is 48.5 Å². The molecule has 0 saturated carbocycles. The summed E-state index contributed by atoms with van der Waals surface area (Å²) in [6.45, 7) is 7.67. The quantitative estimate of drug-likeness (QED) is 0.835. The van der Waals surface area contributed by atoms with Gasteiger partial charge < -0.3 is 10.1 Å². The molecule has 2 aromatic rings. The first-order valence-corrected chi connectivity index (χ1v) is 9.82. The average molecular weight is 384 g/mol. The van der Waals surface area contributed by atoms with Crippen LogP contribution in [0.3, 0.4) is 0 Å². The van der Waals surface area contributed by atoms with Gasteiger partial charge in [-0.3, -0.25) is 4.90 Å². The molecule has 0 bridgehead atoms. The third-order valence-corrected chi connectivity index (χ3v) is 4.92. The summed E-state index contributed by atoms with van der Waals surface area (Å²) in [7, 11) is 0. The second kappa shape index (κ2) is 8.74. The Kier molecular flexibility index (Phi) is 6.35. The fraction of sp³-hybridized carbons (Fsp3) is 0.435. The van der Waals surface area contributed by atoms with Crippen molar-refractivity contribution in [2.45, 2.75) is 51.8 Å². The molecule has 4 nitrogen and oxygen atoms in total. The van der Waals surface area contributed by atoms with Crippen molar-refractivity contribution in [1.29, 1.82) is 0 Å². The summed E-state index contributed by atoms with van der Waals surface area (Å²) < 4.78 is 18.5. The lowest BCUT2D eigenvalue weighted by Crippen LogP contribution is -2.46. The Morgan fingerprint density at radius 2 is 1.82 bits per heavy atom. The number of rotatable bonds is 5. The van der Waals surface area contributed by atoms with Crippen LogP contribution in [0.1, 0.15) is 37.5 Å². The molecule has 0 radical (unpaired) electrons. The predicted octanol–water partition coefficient (Wildman–Crippen LogP) is 4.32. The molecule has 1 N–H and O–H groups in total. The number of nitrogens with zero attached hydrogens (tertiary/aromatic N) is 1. The molecule has 28 heavy (non-hydrogen) atoms. The van der Waals surface area contributed by atoms with Gasteiger partial charge in [-0.05, 0) is 62.4 Å². The highest BCUT2D eigenvalue weighted by atomic mass is 19.1. The lowest BCUT2D eigenvalue weighted by atomic mass is 9.90. The van der Waals surface area contributed by atoms with Gasteiger partial charge in [0.15, 0.2) is 0 Å². The molecule has 1 unspecified atom stereocenters. The molecular weight excluding hydrogens is 355 g/mol. The van der Waals surface area contributed by atoms with E-state index in [9.17, 15) is 9.18 Å². The Hall–Kier alpha value is -2.40. The molecule has 0 saturated heterocycles. The molecule has 0 aromatic heterocycles. The van der Waals surface area contributed by atoms with Crippen molar-refractivity contribution in [2.75, 3.05) is 13.1 Å². The molecule has 2 aromatic carbocycles.